The molecule has 1 saturated heterocycles. The Balaban J connectivity index is 1.39. The average molecular weight is 476 g/mol. The highest BCUT2D eigenvalue weighted by atomic mass is 19.2. The van der Waals surface area contributed by atoms with E-state index in [0.29, 0.717) is 43.9 Å². The van der Waals surface area contributed by atoms with Crippen LogP contribution in [0.15, 0.2) is 54.7 Å². The number of aromatic nitrogens is 3. The lowest BCUT2D eigenvalue weighted by Gasteiger charge is -2.35. The number of fused-ring (bicyclic) bond motifs is 1. The molecule has 2 aromatic carbocycles. The number of hydrogen-bond acceptors (Lipinski definition) is 4. The second-order valence-corrected chi connectivity index (χ2v) is 8.84. The second-order valence-electron chi connectivity index (χ2n) is 8.84. The van der Waals surface area contributed by atoms with Crippen molar-refractivity contribution in [3.8, 4) is 11.3 Å². The van der Waals surface area contributed by atoms with Gasteiger partial charge in [0.05, 0.1) is 22.5 Å². The number of benzene rings is 2. The van der Waals surface area contributed by atoms with E-state index in [-0.39, 0.29) is 5.91 Å². The van der Waals surface area contributed by atoms with Crippen LogP contribution in [0, 0.1) is 18.6 Å². The van der Waals surface area contributed by atoms with Gasteiger partial charge >= 0.3 is 0 Å². The molecule has 35 heavy (non-hydrogen) atoms. The first-order chi connectivity index (χ1) is 16.9. The van der Waals surface area contributed by atoms with Crippen LogP contribution in [0.25, 0.3) is 22.2 Å². The normalized spacial score (nSPS) is 14.6. The molecule has 5 rings (SSSR count). The van der Waals surface area contributed by atoms with Crippen molar-refractivity contribution in [3.63, 3.8) is 0 Å². The molecule has 1 fully saturated rings. The van der Waals surface area contributed by atoms with Crippen molar-refractivity contribution in [2.45, 2.75) is 26.9 Å². The number of pyridine rings is 1. The molecule has 4 aromatic rings. The van der Waals surface area contributed by atoms with Crippen molar-refractivity contribution in [2.75, 3.05) is 26.2 Å². The van der Waals surface area contributed by atoms with Gasteiger partial charge in [-0.2, -0.15) is 5.10 Å². The number of aryl methyl sites for hydroxylation is 2. The predicted molar refractivity (Wildman–Crippen MR) is 131 cm³/mol. The van der Waals surface area contributed by atoms with E-state index in [1.54, 1.807) is 6.07 Å². The fourth-order valence-electron chi connectivity index (χ4n) is 4.61. The summed E-state index contributed by atoms with van der Waals surface area (Å²) in [5, 5.41) is 5.34. The summed E-state index contributed by atoms with van der Waals surface area (Å²) in [6, 6.07) is 13.8. The topological polar surface area (TPSA) is 54.3 Å². The molecule has 1 aliphatic rings. The summed E-state index contributed by atoms with van der Waals surface area (Å²) in [5.41, 5.74) is 4.21. The Morgan fingerprint density at radius 3 is 2.54 bits per heavy atom. The largest absolute Gasteiger partial charge is 0.336 e. The zero-order chi connectivity index (χ0) is 24.5. The van der Waals surface area contributed by atoms with Crippen LogP contribution < -0.4 is 0 Å². The zero-order valence-corrected chi connectivity index (χ0v) is 19.8. The molecule has 0 spiro atoms. The van der Waals surface area contributed by atoms with Crippen molar-refractivity contribution in [1.29, 1.82) is 0 Å². The van der Waals surface area contributed by atoms with Crippen molar-refractivity contribution in [3.05, 3.63) is 83.2 Å². The molecule has 0 atom stereocenters. The molecule has 0 unspecified atom stereocenters. The Morgan fingerprint density at radius 1 is 1.03 bits per heavy atom. The molecule has 3 heterocycles. The van der Waals surface area contributed by atoms with Crippen molar-refractivity contribution in [1.82, 2.24) is 24.6 Å². The van der Waals surface area contributed by atoms with E-state index >= 15 is 0 Å². The van der Waals surface area contributed by atoms with Gasteiger partial charge in [0.1, 0.15) is 0 Å². The lowest BCUT2D eigenvalue weighted by molar-refractivity contribution is 0.0628. The Bertz CT molecular complexity index is 1390. The maximum Gasteiger partial charge on any atom is 0.254 e. The number of hydrogen-bond donors (Lipinski definition) is 0. The smallest absolute Gasteiger partial charge is 0.254 e. The van der Waals surface area contributed by atoms with Crippen LogP contribution in [0.1, 0.15) is 28.5 Å². The monoisotopic (exact) mass is 475 g/mol. The Kier molecular flexibility index (Phi) is 6.30. The predicted octanol–water partition coefficient (Wildman–Crippen LogP) is 4.66. The molecule has 1 aliphatic heterocycles. The Morgan fingerprint density at radius 2 is 1.80 bits per heavy atom. The maximum absolute atomic E-state index is 14.1. The van der Waals surface area contributed by atoms with Crippen LogP contribution in [0.2, 0.25) is 0 Å². The Labute approximate surface area is 202 Å². The second kappa shape index (κ2) is 9.54. The summed E-state index contributed by atoms with van der Waals surface area (Å²) < 4.78 is 29.5. The third kappa shape index (κ3) is 4.53. The third-order valence-corrected chi connectivity index (χ3v) is 6.58. The minimum atomic E-state index is -0.837. The number of carbonyl (C=O) groups excluding carboxylic acids is 1. The first kappa shape index (κ1) is 23.1. The summed E-state index contributed by atoms with van der Waals surface area (Å²) in [6.45, 7) is 7.23. The number of carbonyl (C=O) groups is 1. The summed E-state index contributed by atoms with van der Waals surface area (Å²) in [6.07, 6.45) is 1.96. The minimum absolute atomic E-state index is 0.0537. The molecule has 1 amide bonds. The summed E-state index contributed by atoms with van der Waals surface area (Å²) in [5.74, 6) is -1.69. The third-order valence-electron chi connectivity index (χ3n) is 6.58. The van der Waals surface area contributed by atoms with E-state index in [9.17, 15) is 13.6 Å². The molecule has 0 bridgehead atoms. The van der Waals surface area contributed by atoms with Gasteiger partial charge < -0.3 is 4.90 Å². The lowest BCUT2D eigenvalue weighted by atomic mass is 10.0. The number of halogens is 2. The van der Waals surface area contributed by atoms with Crippen LogP contribution in [0.4, 0.5) is 8.78 Å². The zero-order valence-electron chi connectivity index (χ0n) is 19.8. The van der Waals surface area contributed by atoms with E-state index in [1.807, 2.05) is 64.9 Å². The highest BCUT2D eigenvalue weighted by Gasteiger charge is 2.25. The molecule has 0 saturated carbocycles. The van der Waals surface area contributed by atoms with Crippen molar-refractivity contribution in [2.24, 2.45) is 0 Å². The van der Waals surface area contributed by atoms with Gasteiger partial charge in [-0.1, -0.05) is 30.3 Å². The standard InChI is InChI=1S/C27H27F2N5O/c1-3-34-17-22(18(2)31-34)25-15-21(20-8-4-5-10-24(20)30-25)27(35)33-13-11-32(12-14-33)16-19-7-6-9-23(28)26(19)29/h4-10,15,17H,3,11-14,16H2,1-2H3. The van der Waals surface area contributed by atoms with Gasteiger partial charge in [-0.15, -0.1) is 0 Å². The molecule has 0 aliphatic carbocycles. The number of nitrogens with zero attached hydrogens (tertiary/aromatic N) is 5. The first-order valence-electron chi connectivity index (χ1n) is 11.8. The Hall–Kier alpha value is -3.65. The highest BCUT2D eigenvalue weighted by Crippen LogP contribution is 2.28. The van der Waals surface area contributed by atoms with Crippen LogP contribution in [0.3, 0.4) is 0 Å². The van der Waals surface area contributed by atoms with Crippen LogP contribution >= 0.6 is 0 Å². The summed E-state index contributed by atoms with van der Waals surface area (Å²) in [4.78, 5) is 22.3. The van der Waals surface area contributed by atoms with Gasteiger partial charge in [-0.25, -0.2) is 13.8 Å². The van der Waals surface area contributed by atoms with Gasteiger partial charge in [0.2, 0.25) is 0 Å². The molecule has 8 heteroatoms. The molecular formula is C27H27F2N5O. The van der Waals surface area contributed by atoms with Crippen molar-refractivity contribution >= 4 is 16.8 Å². The highest BCUT2D eigenvalue weighted by molar-refractivity contribution is 6.07. The molecule has 0 N–H and O–H groups in total. The lowest BCUT2D eigenvalue weighted by Crippen LogP contribution is -2.48. The first-order valence-corrected chi connectivity index (χ1v) is 11.8. The number of piperazine rings is 1. The van der Waals surface area contributed by atoms with E-state index in [1.165, 1.54) is 6.07 Å². The van der Waals surface area contributed by atoms with Crippen molar-refractivity contribution < 1.29 is 13.6 Å². The molecule has 0 radical (unpaired) electrons. The minimum Gasteiger partial charge on any atom is -0.336 e. The molecular weight excluding hydrogens is 448 g/mol. The van der Waals surface area contributed by atoms with Gasteiger partial charge in [0.15, 0.2) is 11.6 Å². The summed E-state index contributed by atoms with van der Waals surface area (Å²) in [7, 11) is 0. The van der Waals surface area contributed by atoms with E-state index in [4.69, 9.17) is 4.98 Å². The quantitative estimate of drug-likeness (QED) is 0.421. The van der Waals surface area contributed by atoms with Gasteiger partial charge in [0, 0.05) is 62.0 Å². The van der Waals surface area contributed by atoms with Crippen LogP contribution in [-0.4, -0.2) is 56.7 Å². The fourth-order valence-corrected chi connectivity index (χ4v) is 4.61. The number of amides is 1. The van der Waals surface area contributed by atoms with E-state index < -0.39 is 11.6 Å². The van der Waals surface area contributed by atoms with Gasteiger partial charge in [0.25, 0.3) is 5.91 Å². The number of para-hydroxylation sites is 1. The SMILES string of the molecule is CCn1cc(-c2cc(C(=O)N3CCN(Cc4cccc(F)c4F)CC3)c3ccccc3n2)c(C)n1. The fraction of sp³-hybridized carbons (Fsp3) is 0.296. The maximum atomic E-state index is 14.1. The van der Waals surface area contributed by atoms with Crippen LogP contribution in [0.5, 0.6) is 0 Å². The summed E-state index contributed by atoms with van der Waals surface area (Å²) >= 11 is 0. The van der Waals surface area contributed by atoms with Gasteiger partial charge in [-0.3, -0.25) is 14.4 Å². The molecule has 180 valence electrons. The van der Waals surface area contributed by atoms with E-state index in [0.717, 1.165) is 40.5 Å². The molecule has 2 aromatic heterocycles. The van der Waals surface area contributed by atoms with E-state index in [2.05, 4.69) is 5.10 Å². The van der Waals surface area contributed by atoms with Gasteiger partial charge in [-0.05, 0) is 32.0 Å². The molecule has 6 nitrogen and oxygen atoms in total. The van der Waals surface area contributed by atoms with Crippen LogP contribution in [-0.2, 0) is 13.1 Å². The number of rotatable bonds is 5. The average Bonchev–Trinajstić information content (AvgIpc) is 3.27.